The highest BCUT2D eigenvalue weighted by atomic mass is 14.7. The molecule has 0 rings (SSSR count). The number of nitrogens with one attached hydrogen (secondary N) is 3. The van der Waals surface area contributed by atoms with E-state index < -0.39 is 0 Å². The maximum Gasteiger partial charge on any atom is -0.0167 e. The summed E-state index contributed by atoms with van der Waals surface area (Å²) in [6.45, 7) is 0. The molecule has 3 nitrogen and oxygen atoms in total. The molecule has 0 bridgehead atoms. The van der Waals surface area contributed by atoms with E-state index >= 15 is 0 Å². The summed E-state index contributed by atoms with van der Waals surface area (Å²) in [5, 5.41) is 8.25. The van der Waals surface area contributed by atoms with Crippen LogP contribution in [0.3, 0.4) is 0 Å². The lowest BCUT2D eigenvalue weighted by Crippen LogP contribution is -1.89. The first kappa shape index (κ1) is 15.9. The molecule has 0 fully saturated rings. The lowest BCUT2D eigenvalue weighted by Gasteiger charge is -1.59. The van der Waals surface area contributed by atoms with Crippen molar-refractivity contribution in [2.75, 3.05) is 42.3 Å². The summed E-state index contributed by atoms with van der Waals surface area (Å²) in [4.78, 5) is 0. The monoisotopic (exact) mass is 135 g/mol. The zero-order chi connectivity index (χ0) is 8.12. The lowest BCUT2D eigenvalue weighted by molar-refractivity contribution is 1.02. The van der Waals surface area contributed by atoms with Gasteiger partial charge in [0.2, 0.25) is 0 Å². The average Bonchev–Trinajstić information content (AvgIpc) is 1.70. The Kier molecular flexibility index (Phi) is 79.7. The van der Waals surface area contributed by atoms with Crippen LogP contribution in [-0.4, -0.2) is 42.3 Å². The van der Waals surface area contributed by atoms with Gasteiger partial charge in [-0.15, -0.1) is 0 Å². The number of rotatable bonds is 0. The molecule has 0 amide bonds. The van der Waals surface area contributed by atoms with Crippen LogP contribution in [0.2, 0.25) is 0 Å². The average molecular weight is 135 g/mol. The molecular weight excluding hydrogens is 114 g/mol. The molecule has 3 heteroatoms. The molecule has 0 aromatic carbocycles. The second-order valence-corrected chi connectivity index (χ2v) is 1.50. The van der Waals surface area contributed by atoms with Gasteiger partial charge < -0.3 is 16.0 Å². The molecule has 0 aromatic heterocycles. The summed E-state index contributed by atoms with van der Waals surface area (Å²) >= 11 is 0. The predicted octanol–water partition coefficient (Wildman–Crippen LogP) is -0.493. The SMILES string of the molecule is CNC.CNC.CNC. The summed E-state index contributed by atoms with van der Waals surface area (Å²) in [5.41, 5.74) is 0. The van der Waals surface area contributed by atoms with Crippen LogP contribution < -0.4 is 16.0 Å². The van der Waals surface area contributed by atoms with Crippen molar-refractivity contribution in [1.82, 2.24) is 16.0 Å². The molecule has 0 spiro atoms. The molecule has 0 saturated carbocycles. The number of hydrogen-bond acceptors (Lipinski definition) is 3. The Morgan fingerprint density at radius 3 is 0.444 bits per heavy atom. The summed E-state index contributed by atoms with van der Waals surface area (Å²) in [5.74, 6) is 0. The topological polar surface area (TPSA) is 36.1 Å². The first-order valence-electron chi connectivity index (χ1n) is 3.00. The third kappa shape index (κ3) is 18900. The molecule has 0 unspecified atom stereocenters. The van der Waals surface area contributed by atoms with Crippen LogP contribution in [0.25, 0.3) is 0 Å². The fourth-order valence-electron chi connectivity index (χ4n) is 0. The molecule has 0 aliphatic heterocycles. The van der Waals surface area contributed by atoms with Gasteiger partial charge in [-0.25, -0.2) is 0 Å². The van der Waals surface area contributed by atoms with E-state index in [1.54, 1.807) is 0 Å². The van der Waals surface area contributed by atoms with Gasteiger partial charge in [0.25, 0.3) is 0 Å². The maximum atomic E-state index is 2.75. The largest absolute Gasteiger partial charge is 0.323 e. The van der Waals surface area contributed by atoms with Crippen LogP contribution in [0.4, 0.5) is 0 Å². The smallest absolute Gasteiger partial charge is 0.0167 e. The molecule has 9 heavy (non-hydrogen) atoms. The Bertz CT molecular complexity index is 13.0. The molecule has 60 valence electrons. The molecular formula is C6H21N3. The summed E-state index contributed by atoms with van der Waals surface area (Å²) in [7, 11) is 11.2. The fraction of sp³-hybridized carbons (Fsp3) is 1.00. The van der Waals surface area contributed by atoms with E-state index in [-0.39, 0.29) is 0 Å². The highest BCUT2D eigenvalue weighted by molar-refractivity contribution is 3.91. The van der Waals surface area contributed by atoms with Gasteiger partial charge in [-0.05, 0) is 42.3 Å². The van der Waals surface area contributed by atoms with Crippen molar-refractivity contribution in [3.63, 3.8) is 0 Å². The minimum absolute atomic E-state index is 1.88. The van der Waals surface area contributed by atoms with Crippen molar-refractivity contribution in [3.05, 3.63) is 0 Å². The van der Waals surface area contributed by atoms with E-state index in [0.29, 0.717) is 0 Å². The third-order valence-electron chi connectivity index (χ3n) is 0. The normalized spacial score (nSPS) is 6.00. The van der Waals surface area contributed by atoms with Gasteiger partial charge in [0.1, 0.15) is 0 Å². The second kappa shape index (κ2) is 45.0. The second-order valence-electron chi connectivity index (χ2n) is 1.50. The highest BCUT2D eigenvalue weighted by Crippen LogP contribution is 0.987. The van der Waals surface area contributed by atoms with Gasteiger partial charge in [-0.3, -0.25) is 0 Å². The van der Waals surface area contributed by atoms with Gasteiger partial charge in [0, 0.05) is 0 Å². The molecule has 3 N–H and O–H groups in total. The molecule has 0 aromatic rings. The first-order valence-corrected chi connectivity index (χ1v) is 3.00. The molecule has 0 aliphatic rings. The van der Waals surface area contributed by atoms with Gasteiger partial charge in [-0.1, -0.05) is 0 Å². The molecule has 0 heterocycles. The molecule has 0 radical (unpaired) electrons. The van der Waals surface area contributed by atoms with Crippen LogP contribution >= 0.6 is 0 Å². The quantitative estimate of drug-likeness (QED) is 0.419. The Balaban J connectivity index is -0.0000000600. The number of hydrogen-bond donors (Lipinski definition) is 3. The van der Waals surface area contributed by atoms with E-state index in [0.717, 1.165) is 0 Å². The molecule has 0 atom stereocenters. The van der Waals surface area contributed by atoms with Crippen LogP contribution in [0, 0.1) is 0 Å². The predicted molar refractivity (Wildman–Crippen MR) is 45.0 cm³/mol. The summed E-state index contributed by atoms with van der Waals surface area (Å²) in [6, 6.07) is 0. The Morgan fingerprint density at radius 1 is 0.444 bits per heavy atom. The van der Waals surface area contributed by atoms with Gasteiger partial charge >= 0.3 is 0 Å². The van der Waals surface area contributed by atoms with E-state index in [2.05, 4.69) is 16.0 Å². The van der Waals surface area contributed by atoms with Crippen LogP contribution in [0.5, 0.6) is 0 Å². The van der Waals surface area contributed by atoms with E-state index in [1.807, 2.05) is 42.3 Å². The van der Waals surface area contributed by atoms with Gasteiger partial charge in [0.15, 0.2) is 0 Å². The zero-order valence-corrected chi connectivity index (χ0v) is 7.50. The van der Waals surface area contributed by atoms with Crippen molar-refractivity contribution in [2.45, 2.75) is 0 Å². The minimum atomic E-state index is 1.88. The van der Waals surface area contributed by atoms with Crippen LogP contribution in [0.1, 0.15) is 0 Å². The molecule has 0 aliphatic carbocycles. The molecule has 0 saturated heterocycles. The van der Waals surface area contributed by atoms with E-state index in [9.17, 15) is 0 Å². The fourth-order valence-corrected chi connectivity index (χ4v) is 0. The van der Waals surface area contributed by atoms with Crippen molar-refractivity contribution < 1.29 is 0 Å². The zero-order valence-electron chi connectivity index (χ0n) is 7.50. The van der Waals surface area contributed by atoms with Crippen molar-refractivity contribution >= 4 is 0 Å². The van der Waals surface area contributed by atoms with E-state index in [1.165, 1.54) is 0 Å². The van der Waals surface area contributed by atoms with E-state index in [4.69, 9.17) is 0 Å². The van der Waals surface area contributed by atoms with Crippen molar-refractivity contribution in [2.24, 2.45) is 0 Å². The van der Waals surface area contributed by atoms with Gasteiger partial charge in [0.05, 0.1) is 0 Å². The van der Waals surface area contributed by atoms with Crippen molar-refractivity contribution in [1.29, 1.82) is 0 Å². The van der Waals surface area contributed by atoms with Crippen LogP contribution in [0.15, 0.2) is 0 Å². The summed E-state index contributed by atoms with van der Waals surface area (Å²) in [6.07, 6.45) is 0. The van der Waals surface area contributed by atoms with Gasteiger partial charge in [-0.2, -0.15) is 0 Å². The third-order valence-corrected chi connectivity index (χ3v) is 0. The maximum absolute atomic E-state index is 2.75. The lowest BCUT2D eigenvalue weighted by atomic mass is 11.3. The Morgan fingerprint density at radius 2 is 0.444 bits per heavy atom. The standard InChI is InChI=1S/3C2H7N/c3*1-3-2/h3*3H,1-2H3. The van der Waals surface area contributed by atoms with Crippen molar-refractivity contribution in [3.8, 4) is 0 Å². The Labute approximate surface area is 59.2 Å². The van der Waals surface area contributed by atoms with Crippen LogP contribution in [-0.2, 0) is 0 Å². The summed E-state index contributed by atoms with van der Waals surface area (Å²) < 4.78 is 0. The minimum Gasteiger partial charge on any atom is -0.323 e. The highest BCUT2D eigenvalue weighted by Gasteiger charge is 1.26. The Hall–Kier alpha value is -0.120. The first-order chi connectivity index (χ1) is 4.24.